The van der Waals surface area contributed by atoms with Crippen LogP contribution in [-0.4, -0.2) is 44.4 Å². The van der Waals surface area contributed by atoms with Crippen LogP contribution in [0.5, 0.6) is 0 Å². The first-order valence-electron chi connectivity index (χ1n) is 7.77. The molecule has 0 unspecified atom stereocenters. The number of esters is 1. The van der Waals surface area contributed by atoms with E-state index in [2.05, 4.69) is 11.6 Å². The third kappa shape index (κ3) is 3.76. The zero-order valence-corrected chi connectivity index (χ0v) is 13.7. The summed E-state index contributed by atoms with van der Waals surface area (Å²) in [6.45, 7) is 3.10. The van der Waals surface area contributed by atoms with Crippen LogP contribution in [0.1, 0.15) is 51.9 Å². The fourth-order valence-electron chi connectivity index (χ4n) is 3.37. The van der Waals surface area contributed by atoms with Gasteiger partial charge in [0.05, 0.1) is 7.11 Å². The molecule has 0 aromatic heterocycles. The van der Waals surface area contributed by atoms with Crippen LogP contribution in [0.2, 0.25) is 0 Å². The largest absolute Gasteiger partial charge is 0.468 e. The van der Waals surface area contributed by atoms with Gasteiger partial charge >= 0.3 is 5.97 Å². The Labute approximate surface area is 127 Å². The predicted octanol–water partition coefficient (Wildman–Crippen LogP) is 1.43. The Morgan fingerprint density at radius 2 is 1.90 bits per heavy atom. The van der Waals surface area contributed by atoms with Gasteiger partial charge in [0, 0.05) is 13.1 Å². The van der Waals surface area contributed by atoms with Gasteiger partial charge in [0.25, 0.3) is 10.2 Å². The van der Waals surface area contributed by atoms with Crippen LogP contribution in [0.25, 0.3) is 0 Å². The van der Waals surface area contributed by atoms with Crippen LogP contribution in [-0.2, 0) is 19.7 Å². The van der Waals surface area contributed by atoms with E-state index in [9.17, 15) is 13.2 Å². The van der Waals surface area contributed by atoms with Gasteiger partial charge in [0.1, 0.15) is 5.54 Å². The van der Waals surface area contributed by atoms with E-state index in [0.717, 1.165) is 32.1 Å². The standard InChI is InChI=1S/C14H26N2O4S/c1-12-7-6-10-16(11-12)21(18,19)15-14(13(17)20-2)8-4-3-5-9-14/h12,15H,3-11H2,1-2H3/t12-/m0/s1. The maximum Gasteiger partial charge on any atom is 0.327 e. The van der Waals surface area contributed by atoms with Crippen molar-refractivity contribution in [3.8, 4) is 0 Å². The molecule has 0 aromatic carbocycles. The Morgan fingerprint density at radius 3 is 2.48 bits per heavy atom. The minimum Gasteiger partial charge on any atom is -0.468 e. The van der Waals surface area contributed by atoms with Crippen molar-refractivity contribution in [1.82, 2.24) is 9.03 Å². The highest BCUT2D eigenvalue weighted by Gasteiger charge is 2.45. The van der Waals surface area contributed by atoms with Gasteiger partial charge in [-0.15, -0.1) is 0 Å². The fraction of sp³-hybridized carbons (Fsp3) is 0.929. The van der Waals surface area contributed by atoms with Gasteiger partial charge in [-0.1, -0.05) is 26.2 Å². The van der Waals surface area contributed by atoms with Crippen LogP contribution in [0, 0.1) is 5.92 Å². The number of rotatable bonds is 4. The van der Waals surface area contributed by atoms with Crippen LogP contribution in [0.3, 0.4) is 0 Å². The molecule has 0 amide bonds. The molecule has 0 bridgehead atoms. The molecule has 1 saturated carbocycles. The first-order chi connectivity index (χ1) is 9.89. The summed E-state index contributed by atoms with van der Waals surface area (Å²) in [5.74, 6) is -0.105. The minimum atomic E-state index is -3.65. The third-order valence-corrected chi connectivity index (χ3v) is 6.23. The number of piperidine rings is 1. The molecular weight excluding hydrogens is 292 g/mol. The van der Waals surface area contributed by atoms with E-state index in [4.69, 9.17) is 4.74 Å². The van der Waals surface area contributed by atoms with Crippen molar-refractivity contribution in [2.24, 2.45) is 5.92 Å². The van der Waals surface area contributed by atoms with Gasteiger partial charge in [-0.25, -0.2) is 0 Å². The number of ether oxygens (including phenoxy) is 1. The molecule has 6 nitrogen and oxygen atoms in total. The van der Waals surface area contributed by atoms with Crippen LogP contribution in [0.4, 0.5) is 0 Å². The zero-order valence-electron chi connectivity index (χ0n) is 12.9. The lowest BCUT2D eigenvalue weighted by molar-refractivity contribution is -0.149. The average Bonchev–Trinajstić information content (AvgIpc) is 2.47. The van der Waals surface area contributed by atoms with Gasteiger partial charge in [-0.2, -0.15) is 17.4 Å². The highest BCUT2D eigenvalue weighted by Crippen LogP contribution is 2.31. The van der Waals surface area contributed by atoms with Gasteiger partial charge in [-0.3, -0.25) is 4.79 Å². The fourth-order valence-corrected chi connectivity index (χ4v) is 5.11. The molecule has 21 heavy (non-hydrogen) atoms. The number of nitrogens with one attached hydrogen (secondary N) is 1. The van der Waals surface area contributed by atoms with E-state index in [1.165, 1.54) is 11.4 Å². The van der Waals surface area contributed by atoms with Crippen molar-refractivity contribution in [3.05, 3.63) is 0 Å². The van der Waals surface area contributed by atoms with E-state index in [1.54, 1.807) is 0 Å². The van der Waals surface area contributed by atoms with Crippen molar-refractivity contribution in [2.45, 2.75) is 57.4 Å². The number of hydrogen-bond donors (Lipinski definition) is 1. The second-order valence-corrected chi connectivity index (χ2v) is 8.02. The van der Waals surface area contributed by atoms with Crippen molar-refractivity contribution in [2.75, 3.05) is 20.2 Å². The molecule has 7 heteroatoms. The molecule has 1 atom stereocenters. The first-order valence-corrected chi connectivity index (χ1v) is 9.21. The van der Waals surface area contributed by atoms with Crippen molar-refractivity contribution in [1.29, 1.82) is 0 Å². The number of methoxy groups -OCH3 is 1. The molecule has 1 aliphatic heterocycles. The molecule has 2 rings (SSSR count). The molecule has 1 aliphatic carbocycles. The molecule has 1 N–H and O–H groups in total. The molecule has 0 spiro atoms. The molecule has 0 radical (unpaired) electrons. The molecule has 1 heterocycles. The number of nitrogens with zero attached hydrogens (tertiary/aromatic N) is 1. The van der Waals surface area contributed by atoms with E-state index in [-0.39, 0.29) is 0 Å². The quantitative estimate of drug-likeness (QED) is 0.796. The van der Waals surface area contributed by atoms with E-state index in [1.807, 2.05) is 0 Å². The Kier molecular flexibility index (Phi) is 5.27. The summed E-state index contributed by atoms with van der Waals surface area (Å²) < 4.78 is 34.3. The Hall–Kier alpha value is -0.660. The zero-order chi connectivity index (χ0) is 15.5. The minimum absolute atomic E-state index is 0.357. The van der Waals surface area contributed by atoms with Gasteiger partial charge in [-0.05, 0) is 31.6 Å². The monoisotopic (exact) mass is 318 g/mol. The van der Waals surface area contributed by atoms with Crippen molar-refractivity contribution >= 4 is 16.2 Å². The van der Waals surface area contributed by atoms with Crippen molar-refractivity contribution < 1.29 is 17.9 Å². The Balaban J connectivity index is 2.16. The topological polar surface area (TPSA) is 75.7 Å². The molecule has 122 valence electrons. The lowest BCUT2D eigenvalue weighted by Crippen LogP contribution is -2.60. The first kappa shape index (κ1) is 16.7. The molecule has 0 aromatic rings. The van der Waals surface area contributed by atoms with E-state index < -0.39 is 21.7 Å². The lowest BCUT2D eigenvalue weighted by Gasteiger charge is -2.38. The number of carbonyl (C=O) groups excluding carboxylic acids is 1. The summed E-state index contributed by atoms with van der Waals surface area (Å²) in [6.07, 6.45) is 5.66. The SMILES string of the molecule is COC(=O)C1(NS(=O)(=O)N2CCC[C@H](C)C2)CCCCC1. The number of hydrogen-bond acceptors (Lipinski definition) is 4. The van der Waals surface area contributed by atoms with E-state index >= 15 is 0 Å². The molecular formula is C14H26N2O4S. The Bertz CT molecular complexity index is 471. The van der Waals surface area contributed by atoms with Gasteiger partial charge in [0.15, 0.2) is 0 Å². The molecule has 2 aliphatic rings. The smallest absolute Gasteiger partial charge is 0.327 e. The summed E-state index contributed by atoms with van der Waals surface area (Å²) in [5, 5.41) is 0. The summed E-state index contributed by atoms with van der Waals surface area (Å²) in [6, 6.07) is 0. The van der Waals surface area contributed by atoms with Gasteiger partial charge < -0.3 is 4.74 Å². The lowest BCUT2D eigenvalue weighted by atomic mass is 9.83. The van der Waals surface area contributed by atoms with E-state index in [0.29, 0.717) is 31.8 Å². The normalized spacial score (nSPS) is 27.2. The third-order valence-electron chi connectivity index (χ3n) is 4.57. The highest BCUT2D eigenvalue weighted by atomic mass is 32.2. The molecule has 1 saturated heterocycles. The Morgan fingerprint density at radius 1 is 1.24 bits per heavy atom. The average molecular weight is 318 g/mol. The highest BCUT2D eigenvalue weighted by molar-refractivity contribution is 7.87. The van der Waals surface area contributed by atoms with Crippen LogP contribution < -0.4 is 4.72 Å². The van der Waals surface area contributed by atoms with Gasteiger partial charge in [0.2, 0.25) is 0 Å². The maximum absolute atomic E-state index is 12.6. The summed E-state index contributed by atoms with van der Waals surface area (Å²) in [4.78, 5) is 12.1. The molecule has 2 fully saturated rings. The van der Waals surface area contributed by atoms with Crippen LogP contribution in [0.15, 0.2) is 0 Å². The summed E-state index contributed by atoms with van der Waals surface area (Å²) >= 11 is 0. The van der Waals surface area contributed by atoms with Crippen LogP contribution >= 0.6 is 0 Å². The second-order valence-electron chi connectivity index (χ2n) is 6.35. The second kappa shape index (κ2) is 6.62. The maximum atomic E-state index is 12.6. The summed E-state index contributed by atoms with van der Waals surface area (Å²) in [5.41, 5.74) is -1.08. The number of carbonyl (C=O) groups is 1. The summed E-state index contributed by atoms with van der Waals surface area (Å²) in [7, 11) is -2.33. The van der Waals surface area contributed by atoms with Crippen molar-refractivity contribution in [3.63, 3.8) is 0 Å². The predicted molar refractivity (Wildman–Crippen MR) is 79.9 cm³/mol.